The first-order chi connectivity index (χ1) is 11.7. The van der Waals surface area contributed by atoms with E-state index in [2.05, 4.69) is 27.4 Å². The van der Waals surface area contributed by atoms with E-state index in [9.17, 15) is 4.79 Å². The van der Waals surface area contributed by atoms with Crippen molar-refractivity contribution in [3.63, 3.8) is 0 Å². The number of nitrogens with one attached hydrogen (secondary N) is 3. The van der Waals surface area contributed by atoms with Gasteiger partial charge in [0.25, 0.3) is 5.56 Å². The maximum Gasteiger partial charge on any atom is 0.276 e. The minimum absolute atomic E-state index is 0.175. The molecule has 6 nitrogen and oxygen atoms in total. The summed E-state index contributed by atoms with van der Waals surface area (Å²) in [5.74, 6) is 0. The largest absolute Gasteiger partial charge is 0.378 e. The molecule has 0 radical (unpaired) electrons. The van der Waals surface area contributed by atoms with Crippen molar-refractivity contribution in [3.8, 4) is 0 Å². The molecule has 3 N–H and O–H groups in total. The molecule has 24 heavy (non-hydrogen) atoms. The number of rotatable bonds is 3. The second-order valence-corrected chi connectivity index (χ2v) is 6.25. The average molecular weight is 342 g/mol. The molecule has 3 aromatic rings. The number of morpholine rings is 1. The number of nitrogens with zero attached hydrogens (tertiary/aromatic N) is 1. The van der Waals surface area contributed by atoms with Crippen molar-refractivity contribution in [1.29, 1.82) is 0 Å². The Balaban J connectivity index is 1.78. The fourth-order valence-corrected chi connectivity index (χ4v) is 3.47. The van der Waals surface area contributed by atoms with Crippen LogP contribution in [0.5, 0.6) is 0 Å². The molecule has 0 aliphatic carbocycles. The summed E-state index contributed by atoms with van der Waals surface area (Å²) in [6, 6.07) is 10.3. The molecule has 1 atom stereocenters. The van der Waals surface area contributed by atoms with Crippen LogP contribution in [0.2, 0.25) is 0 Å². The van der Waals surface area contributed by atoms with Crippen molar-refractivity contribution in [1.82, 2.24) is 19.9 Å². The molecule has 0 spiro atoms. The third-order valence-corrected chi connectivity index (χ3v) is 4.71. The number of aromatic nitrogens is 3. The number of benzene rings is 1. The van der Waals surface area contributed by atoms with Gasteiger partial charge in [0, 0.05) is 12.7 Å². The molecule has 1 aliphatic rings. The highest BCUT2D eigenvalue weighted by Gasteiger charge is 2.18. The highest BCUT2D eigenvalue weighted by Crippen LogP contribution is 2.22. The molecule has 1 fully saturated rings. The Hall–Kier alpha value is -2.22. The van der Waals surface area contributed by atoms with Crippen molar-refractivity contribution < 1.29 is 4.74 Å². The lowest BCUT2D eigenvalue weighted by Crippen LogP contribution is -2.35. The molecule has 124 valence electrons. The molecular formula is C17H18N4O2S. The number of aromatic amines is 2. The highest BCUT2D eigenvalue weighted by molar-refractivity contribution is 7.71. The van der Waals surface area contributed by atoms with Gasteiger partial charge >= 0.3 is 0 Å². The van der Waals surface area contributed by atoms with E-state index in [-0.39, 0.29) is 11.6 Å². The highest BCUT2D eigenvalue weighted by atomic mass is 32.1. The van der Waals surface area contributed by atoms with E-state index in [0.29, 0.717) is 23.4 Å². The standard InChI is InChI=1S/C17H18N4O2S/c22-16-15-14(5-6-19-15)21(17(24)20-16)9-11-3-1-2-4-12(11)13-10-23-8-7-18-13/h1-6,13,18-19H,7-10H2,(H,20,22,24). The Morgan fingerprint density at radius 1 is 1.29 bits per heavy atom. The summed E-state index contributed by atoms with van der Waals surface area (Å²) in [5.41, 5.74) is 3.53. The number of H-pyrrole nitrogens is 2. The van der Waals surface area contributed by atoms with Gasteiger partial charge in [-0.25, -0.2) is 0 Å². The summed E-state index contributed by atoms with van der Waals surface area (Å²) in [6.07, 6.45) is 1.76. The second kappa shape index (κ2) is 6.35. The van der Waals surface area contributed by atoms with Crippen LogP contribution in [0.1, 0.15) is 17.2 Å². The maximum absolute atomic E-state index is 12.0. The quantitative estimate of drug-likeness (QED) is 0.637. The first-order valence-electron chi connectivity index (χ1n) is 7.93. The van der Waals surface area contributed by atoms with Gasteiger partial charge in [-0.3, -0.25) is 9.78 Å². The van der Waals surface area contributed by atoms with Gasteiger partial charge in [-0.05, 0) is 29.4 Å². The Morgan fingerprint density at radius 3 is 3.00 bits per heavy atom. The molecule has 1 unspecified atom stereocenters. The Morgan fingerprint density at radius 2 is 2.17 bits per heavy atom. The predicted octanol–water partition coefficient (Wildman–Crippen LogP) is 2.10. The number of fused-ring (bicyclic) bond motifs is 1. The van der Waals surface area contributed by atoms with Crippen molar-refractivity contribution in [2.24, 2.45) is 0 Å². The average Bonchev–Trinajstić information content (AvgIpc) is 3.10. The predicted molar refractivity (Wildman–Crippen MR) is 94.9 cm³/mol. The van der Waals surface area contributed by atoms with Gasteiger partial charge in [0.15, 0.2) is 4.77 Å². The third kappa shape index (κ3) is 2.71. The van der Waals surface area contributed by atoms with Crippen LogP contribution in [-0.2, 0) is 11.3 Å². The maximum atomic E-state index is 12.0. The molecule has 4 rings (SSSR count). The molecule has 1 aromatic carbocycles. The molecule has 0 bridgehead atoms. The fraction of sp³-hybridized carbons (Fsp3) is 0.294. The van der Waals surface area contributed by atoms with Crippen LogP contribution >= 0.6 is 12.2 Å². The number of ether oxygens (including phenoxy) is 1. The molecule has 2 aromatic heterocycles. The molecule has 1 aliphatic heterocycles. The Kier molecular flexibility index (Phi) is 4.05. The Labute approximate surface area is 143 Å². The van der Waals surface area contributed by atoms with Crippen molar-refractivity contribution in [2.75, 3.05) is 19.8 Å². The minimum Gasteiger partial charge on any atom is -0.378 e. The normalized spacial score (nSPS) is 18.1. The van der Waals surface area contributed by atoms with Gasteiger partial charge in [-0.15, -0.1) is 0 Å². The second-order valence-electron chi connectivity index (χ2n) is 5.86. The number of hydrogen-bond acceptors (Lipinski definition) is 4. The monoisotopic (exact) mass is 342 g/mol. The lowest BCUT2D eigenvalue weighted by Gasteiger charge is -2.26. The van der Waals surface area contributed by atoms with Crippen LogP contribution in [0.15, 0.2) is 41.3 Å². The molecular weight excluding hydrogens is 324 g/mol. The van der Waals surface area contributed by atoms with E-state index in [4.69, 9.17) is 17.0 Å². The van der Waals surface area contributed by atoms with Gasteiger partial charge in [-0.1, -0.05) is 24.3 Å². The van der Waals surface area contributed by atoms with Crippen LogP contribution in [0.25, 0.3) is 11.0 Å². The summed E-state index contributed by atoms with van der Waals surface area (Å²) in [6.45, 7) is 2.85. The zero-order chi connectivity index (χ0) is 16.5. The van der Waals surface area contributed by atoms with Crippen molar-refractivity contribution in [2.45, 2.75) is 12.6 Å². The summed E-state index contributed by atoms with van der Waals surface area (Å²) in [4.78, 5) is 17.7. The summed E-state index contributed by atoms with van der Waals surface area (Å²) in [7, 11) is 0. The SMILES string of the molecule is O=c1[nH]c(=S)n(Cc2ccccc2C2COCCN2)c2cc[nH]c12. The van der Waals surface area contributed by atoms with E-state index < -0.39 is 0 Å². The van der Waals surface area contributed by atoms with Gasteiger partial charge in [0.1, 0.15) is 5.52 Å². The molecule has 1 saturated heterocycles. The fourth-order valence-electron chi connectivity index (χ4n) is 3.22. The van der Waals surface area contributed by atoms with Crippen LogP contribution in [0, 0.1) is 4.77 Å². The van der Waals surface area contributed by atoms with E-state index in [1.807, 2.05) is 22.8 Å². The zero-order valence-electron chi connectivity index (χ0n) is 13.0. The van der Waals surface area contributed by atoms with Gasteiger partial charge < -0.3 is 19.6 Å². The summed E-state index contributed by atoms with van der Waals surface area (Å²) >= 11 is 5.39. The third-order valence-electron chi connectivity index (χ3n) is 4.39. The summed E-state index contributed by atoms with van der Waals surface area (Å²) in [5, 5.41) is 3.49. The lowest BCUT2D eigenvalue weighted by atomic mass is 10.00. The van der Waals surface area contributed by atoms with E-state index in [1.54, 1.807) is 6.20 Å². The van der Waals surface area contributed by atoms with E-state index in [0.717, 1.165) is 24.2 Å². The first kappa shape index (κ1) is 15.3. The summed E-state index contributed by atoms with van der Waals surface area (Å²) < 4.78 is 7.97. The molecule has 0 saturated carbocycles. The Bertz CT molecular complexity index is 982. The van der Waals surface area contributed by atoms with E-state index in [1.165, 1.54) is 5.56 Å². The van der Waals surface area contributed by atoms with Gasteiger partial charge in [-0.2, -0.15) is 0 Å². The van der Waals surface area contributed by atoms with Gasteiger partial charge in [0.05, 0.1) is 31.3 Å². The zero-order valence-corrected chi connectivity index (χ0v) is 13.9. The van der Waals surface area contributed by atoms with Crippen LogP contribution in [0.4, 0.5) is 0 Å². The van der Waals surface area contributed by atoms with Gasteiger partial charge in [0.2, 0.25) is 0 Å². The smallest absolute Gasteiger partial charge is 0.276 e. The topological polar surface area (TPSA) is 74.8 Å². The van der Waals surface area contributed by atoms with Crippen molar-refractivity contribution in [3.05, 3.63) is 62.8 Å². The lowest BCUT2D eigenvalue weighted by molar-refractivity contribution is 0.0766. The molecule has 0 amide bonds. The van der Waals surface area contributed by atoms with E-state index >= 15 is 0 Å². The minimum atomic E-state index is -0.188. The molecule has 3 heterocycles. The van der Waals surface area contributed by atoms with Crippen LogP contribution in [-0.4, -0.2) is 34.3 Å². The molecule has 7 heteroatoms. The van der Waals surface area contributed by atoms with Crippen LogP contribution in [0.3, 0.4) is 0 Å². The van der Waals surface area contributed by atoms with Crippen molar-refractivity contribution >= 4 is 23.3 Å². The first-order valence-corrected chi connectivity index (χ1v) is 8.34. The number of hydrogen-bond donors (Lipinski definition) is 3. The van der Waals surface area contributed by atoms with Crippen LogP contribution < -0.4 is 10.9 Å².